The first kappa shape index (κ1) is 6.56. The Kier molecular flexibility index (Phi) is 1.72. The van der Waals surface area contributed by atoms with Gasteiger partial charge in [-0.05, 0) is 12.8 Å². The average Bonchev–Trinajstić information content (AvgIpc) is 1.90. The van der Waals surface area contributed by atoms with Gasteiger partial charge in [0.2, 0.25) is 0 Å². The molecule has 0 saturated carbocycles. The van der Waals surface area contributed by atoms with Gasteiger partial charge in [0.05, 0.1) is 5.60 Å². The number of rotatable bonds is 1. The lowest BCUT2D eigenvalue weighted by Gasteiger charge is -2.22. The Morgan fingerprint density at radius 1 is 1.56 bits per heavy atom. The largest absolute Gasteiger partial charge is 0.385 e. The molecule has 1 N–H and O–H groups in total. The summed E-state index contributed by atoms with van der Waals surface area (Å²) in [6, 6.07) is 0. The Morgan fingerprint density at radius 3 is 2.67 bits per heavy atom. The van der Waals surface area contributed by atoms with Crippen LogP contribution in [0.25, 0.3) is 0 Å². The first-order valence-electron chi connectivity index (χ1n) is 3.13. The second-order valence-corrected chi connectivity index (χ2v) is 2.34. The van der Waals surface area contributed by atoms with Crippen molar-refractivity contribution in [3.05, 3.63) is 31.2 Å². The quantitative estimate of drug-likeness (QED) is 0.559. The summed E-state index contributed by atoms with van der Waals surface area (Å²) in [6.07, 6.45) is 8.78. The highest BCUT2D eigenvalue weighted by molar-refractivity contribution is 5.17. The van der Waals surface area contributed by atoms with Gasteiger partial charge in [-0.1, -0.05) is 31.2 Å². The number of hydrogen-bond donors (Lipinski definition) is 1. The molecule has 0 saturated heterocycles. The van der Waals surface area contributed by atoms with E-state index in [1.165, 1.54) is 0 Å². The van der Waals surface area contributed by atoms with Gasteiger partial charge in [0.25, 0.3) is 0 Å². The van der Waals surface area contributed by atoms with E-state index in [9.17, 15) is 5.11 Å². The minimum absolute atomic E-state index is 0.549. The molecule has 0 amide bonds. The first-order chi connectivity index (χ1) is 4.27. The normalized spacial score (nSPS) is 33.1. The van der Waals surface area contributed by atoms with Crippen molar-refractivity contribution in [2.75, 3.05) is 0 Å². The van der Waals surface area contributed by atoms with Crippen molar-refractivity contribution < 1.29 is 5.11 Å². The molecule has 0 aliphatic heterocycles. The molecular weight excluding hydrogens is 112 g/mol. The van der Waals surface area contributed by atoms with Crippen molar-refractivity contribution in [1.82, 2.24) is 0 Å². The van der Waals surface area contributed by atoms with Gasteiger partial charge in [-0.2, -0.15) is 0 Å². The standard InChI is InChI=1S/C8H11O/c1-2-8(9)6-4-3-5-7-8/h3-6,9H,1-2,7H2. The Labute approximate surface area is 55.7 Å². The van der Waals surface area contributed by atoms with E-state index in [-0.39, 0.29) is 0 Å². The van der Waals surface area contributed by atoms with Gasteiger partial charge in [-0.3, -0.25) is 0 Å². The molecule has 0 bridgehead atoms. The van der Waals surface area contributed by atoms with Gasteiger partial charge in [0, 0.05) is 0 Å². The molecule has 0 aromatic heterocycles. The predicted octanol–water partition coefficient (Wildman–Crippen LogP) is 1.46. The summed E-state index contributed by atoms with van der Waals surface area (Å²) in [7, 11) is 0. The highest BCUT2D eigenvalue weighted by Crippen LogP contribution is 2.19. The van der Waals surface area contributed by atoms with E-state index in [4.69, 9.17) is 0 Å². The van der Waals surface area contributed by atoms with Crippen LogP contribution in [0.1, 0.15) is 12.8 Å². The van der Waals surface area contributed by atoms with Gasteiger partial charge in [0.1, 0.15) is 0 Å². The van der Waals surface area contributed by atoms with Gasteiger partial charge in [-0.15, -0.1) is 0 Å². The van der Waals surface area contributed by atoms with Crippen LogP contribution in [0, 0.1) is 6.92 Å². The van der Waals surface area contributed by atoms with Crippen molar-refractivity contribution in [3.8, 4) is 0 Å². The predicted molar refractivity (Wildman–Crippen MR) is 37.8 cm³/mol. The van der Waals surface area contributed by atoms with Crippen LogP contribution in [0.4, 0.5) is 0 Å². The Bertz CT molecular complexity index is 147. The second-order valence-electron chi connectivity index (χ2n) is 2.34. The monoisotopic (exact) mass is 123 g/mol. The van der Waals surface area contributed by atoms with Crippen molar-refractivity contribution in [3.63, 3.8) is 0 Å². The summed E-state index contributed by atoms with van der Waals surface area (Å²) < 4.78 is 0. The molecule has 1 aliphatic carbocycles. The zero-order valence-electron chi connectivity index (χ0n) is 5.38. The third-order valence-electron chi connectivity index (χ3n) is 1.56. The molecule has 1 radical (unpaired) electrons. The fraction of sp³-hybridized carbons (Fsp3) is 0.375. The summed E-state index contributed by atoms with van der Waals surface area (Å²) >= 11 is 0. The molecule has 1 aliphatic rings. The molecule has 0 heterocycles. The van der Waals surface area contributed by atoms with E-state index < -0.39 is 5.60 Å². The maximum absolute atomic E-state index is 9.48. The summed E-state index contributed by atoms with van der Waals surface area (Å²) in [4.78, 5) is 0. The Balaban J connectivity index is 2.63. The van der Waals surface area contributed by atoms with E-state index in [0.29, 0.717) is 12.8 Å². The van der Waals surface area contributed by atoms with Crippen molar-refractivity contribution in [2.45, 2.75) is 18.4 Å². The van der Waals surface area contributed by atoms with Crippen LogP contribution in [-0.2, 0) is 0 Å². The highest BCUT2D eigenvalue weighted by Gasteiger charge is 2.19. The molecule has 1 heteroatoms. The fourth-order valence-corrected chi connectivity index (χ4v) is 0.839. The number of hydrogen-bond acceptors (Lipinski definition) is 1. The lowest BCUT2D eigenvalue weighted by Crippen LogP contribution is -2.24. The summed E-state index contributed by atoms with van der Waals surface area (Å²) in [5, 5.41) is 9.48. The zero-order chi connectivity index (χ0) is 6.74. The minimum Gasteiger partial charge on any atom is -0.385 e. The molecule has 0 spiro atoms. The summed E-state index contributed by atoms with van der Waals surface area (Å²) in [5.74, 6) is 0. The van der Waals surface area contributed by atoms with Crippen molar-refractivity contribution in [2.24, 2.45) is 0 Å². The number of allylic oxidation sites excluding steroid dienone is 2. The third-order valence-corrected chi connectivity index (χ3v) is 1.56. The van der Waals surface area contributed by atoms with Crippen molar-refractivity contribution in [1.29, 1.82) is 0 Å². The number of aliphatic hydroxyl groups is 1. The fourth-order valence-electron chi connectivity index (χ4n) is 0.839. The Hall–Kier alpha value is -0.560. The minimum atomic E-state index is -0.658. The topological polar surface area (TPSA) is 20.2 Å². The van der Waals surface area contributed by atoms with E-state index in [1.807, 2.05) is 18.2 Å². The van der Waals surface area contributed by atoms with Crippen LogP contribution in [0.3, 0.4) is 0 Å². The van der Waals surface area contributed by atoms with Crippen LogP contribution in [-0.4, -0.2) is 10.7 Å². The molecule has 1 unspecified atom stereocenters. The lowest BCUT2D eigenvalue weighted by molar-refractivity contribution is 0.0956. The second kappa shape index (κ2) is 2.36. The molecular formula is C8H11O. The molecule has 1 atom stereocenters. The van der Waals surface area contributed by atoms with Gasteiger partial charge < -0.3 is 5.11 Å². The first-order valence-corrected chi connectivity index (χ1v) is 3.13. The molecule has 1 nitrogen and oxygen atoms in total. The molecule has 0 fully saturated rings. The van der Waals surface area contributed by atoms with Crippen LogP contribution in [0.15, 0.2) is 24.3 Å². The van der Waals surface area contributed by atoms with Crippen LogP contribution < -0.4 is 0 Å². The van der Waals surface area contributed by atoms with E-state index in [2.05, 4.69) is 6.92 Å². The molecule has 9 heavy (non-hydrogen) atoms. The van der Waals surface area contributed by atoms with E-state index in [0.717, 1.165) is 0 Å². The summed E-state index contributed by atoms with van der Waals surface area (Å²) in [5.41, 5.74) is -0.658. The van der Waals surface area contributed by atoms with Gasteiger partial charge in [0.15, 0.2) is 0 Å². The Morgan fingerprint density at radius 2 is 2.33 bits per heavy atom. The van der Waals surface area contributed by atoms with Gasteiger partial charge >= 0.3 is 0 Å². The van der Waals surface area contributed by atoms with Crippen LogP contribution in [0.2, 0.25) is 0 Å². The molecule has 49 valence electrons. The molecule has 0 aromatic rings. The highest BCUT2D eigenvalue weighted by atomic mass is 16.3. The van der Waals surface area contributed by atoms with Gasteiger partial charge in [-0.25, -0.2) is 0 Å². The van der Waals surface area contributed by atoms with E-state index >= 15 is 0 Å². The SMILES string of the molecule is [CH2]CC1(O)C=CC=CC1. The maximum Gasteiger partial charge on any atom is 0.0865 e. The lowest BCUT2D eigenvalue weighted by atomic mass is 9.93. The summed E-state index contributed by atoms with van der Waals surface area (Å²) in [6.45, 7) is 3.65. The van der Waals surface area contributed by atoms with E-state index in [1.54, 1.807) is 6.08 Å². The molecule has 0 aromatic carbocycles. The third kappa shape index (κ3) is 1.42. The average molecular weight is 123 g/mol. The van der Waals surface area contributed by atoms with Crippen LogP contribution >= 0.6 is 0 Å². The van der Waals surface area contributed by atoms with Crippen LogP contribution in [0.5, 0.6) is 0 Å². The smallest absolute Gasteiger partial charge is 0.0865 e. The molecule has 1 rings (SSSR count). The maximum atomic E-state index is 9.48. The van der Waals surface area contributed by atoms with Crippen molar-refractivity contribution >= 4 is 0 Å². The zero-order valence-corrected chi connectivity index (χ0v) is 5.38.